The van der Waals surface area contributed by atoms with Crippen molar-refractivity contribution in [1.29, 1.82) is 0 Å². The summed E-state index contributed by atoms with van der Waals surface area (Å²) in [5, 5.41) is 21.7. The summed E-state index contributed by atoms with van der Waals surface area (Å²) >= 11 is 1.04. The zero-order valence-electron chi connectivity index (χ0n) is 14.5. The van der Waals surface area contributed by atoms with Crippen molar-refractivity contribution < 1.29 is 32.9 Å². The lowest BCUT2D eigenvalue weighted by Gasteiger charge is -2.15. The summed E-state index contributed by atoms with van der Waals surface area (Å²) in [6.45, 7) is -0.198. The van der Waals surface area contributed by atoms with Gasteiger partial charge in [-0.2, -0.15) is 13.2 Å². The highest BCUT2D eigenvalue weighted by Gasteiger charge is 2.32. The maximum absolute atomic E-state index is 12.8. The Labute approximate surface area is 163 Å². The molecule has 1 aliphatic rings. The summed E-state index contributed by atoms with van der Waals surface area (Å²) in [6, 6.07) is 11.3. The summed E-state index contributed by atoms with van der Waals surface area (Å²) in [6.07, 6.45) is -6.09. The first-order chi connectivity index (χ1) is 13.2. The number of hydrogen-bond donors (Lipinski definition) is 3. The van der Waals surface area contributed by atoms with Gasteiger partial charge in [0.2, 0.25) is 0 Å². The van der Waals surface area contributed by atoms with Gasteiger partial charge in [0.05, 0.1) is 10.8 Å². The summed E-state index contributed by atoms with van der Waals surface area (Å²) in [5.74, 6) is 0.448. The molecule has 0 aromatic heterocycles. The van der Waals surface area contributed by atoms with Crippen molar-refractivity contribution in [1.82, 2.24) is 5.32 Å². The monoisotopic (exact) mass is 413 g/mol. The summed E-state index contributed by atoms with van der Waals surface area (Å²) < 4.78 is 43.7. The zero-order chi connectivity index (χ0) is 20.3. The Bertz CT molecular complexity index is 829. The fourth-order valence-electron chi connectivity index (χ4n) is 2.75. The molecule has 1 fully saturated rings. The van der Waals surface area contributed by atoms with E-state index in [1.54, 1.807) is 24.3 Å². The number of carbonyl (C=O) groups excluding carboxylic acids is 1. The molecule has 9 heteroatoms. The molecule has 2 aromatic carbocycles. The smallest absolute Gasteiger partial charge is 0.416 e. The molecule has 3 unspecified atom stereocenters. The molecule has 0 bridgehead atoms. The van der Waals surface area contributed by atoms with Gasteiger partial charge in [-0.1, -0.05) is 36.0 Å². The molecule has 5 nitrogen and oxygen atoms in total. The van der Waals surface area contributed by atoms with Crippen LogP contribution in [0.15, 0.2) is 48.5 Å². The van der Waals surface area contributed by atoms with E-state index in [0.717, 1.165) is 29.5 Å². The third-order valence-corrected chi connectivity index (χ3v) is 5.30. The van der Waals surface area contributed by atoms with Gasteiger partial charge in [-0.05, 0) is 41.8 Å². The maximum atomic E-state index is 12.8. The van der Waals surface area contributed by atoms with E-state index in [9.17, 15) is 28.2 Å². The number of ether oxygens (including phenoxy) is 1. The number of alkyl halides is 3. The number of aliphatic hydroxyl groups is 2. The van der Waals surface area contributed by atoms with Crippen LogP contribution < -0.4 is 10.1 Å². The average molecular weight is 413 g/mol. The van der Waals surface area contributed by atoms with Crippen LogP contribution in [-0.4, -0.2) is 33.5 Å². The van der Waals surface area contributed by atoms with Crippen LogP contribution in [0.4, 0.5) is 18.0 Å². The number of rotatable bonds is 6. The molecule has 0 spiro atoms. The second kappa shape index (κ2) is 8.42. The third kappa shape index (κ3) is 5.18. The number of benzene rings is 2. The van der Waals surface area contributed by atoms with Gasteiger partial charge in [0.25, 0.3) is 5.24 Å². The largest absolute Gasteiger partial charge is 0.491 e. The molecule has 3 atom stereocenters. The first-order valence-corrected chi connectivity index (χ1v) is 9.32. The number of thioether (sulfide) groups is 1. The van der Waals surface area contributed by atoms with E-state index in [2.05, 4.69) is 5.32 Å². The van der Waals surface area contributed by atoms with Crippen molar-refractivity contribution >= 4 is 17.0 Å². The molecule has 2 aromatic rings. The number of hydrogen-bond acceptors (Lipinski definition) is 5. The minimum atomic E-state index is -4.47. The topological polar surface area (TPSA) is 78.8 Å². The normalized spacial score (nSPS) is 20.7. The van der Waals surface area contributed by atoms with E-state index in [4.69, 9.17) is 4.74 Å². The van der Waals surface area contributed by atoms with Gasteiger partial charge in [-0.25, -0.2) is 0 Å². The van der Waals surface area contributed by atoms with Crippen molar-refractivity contribution in [2.24, 2.45) is 0 Å². The van der Waals surface area contributed by atoms with Gasteiger partial charge in [0.15, 0.2) is 0 Å². The van der Waals surface area contributed by atoms with E-state index in [1.807, 2.05) is 0 Å². The Balaban J connectivity index is 1.55. The number of aliphatic hydroxyl groups excluding tert-OH is 2. The molecule has 3 rings (SSSR count). The minimum absolute atomic E-state index is 0.121. The summed E-state index contributed by atoms with van der Waals surface area (Å²) in [4.78, 5) is 11.2. The third-order valence-electron chi connectivity index (χ3n) is 4.24. The molecular weight excluding hydrogens is 395 g/mol. The quantitative estimate of drug-likeness (QED) is 0.676. The van der Waals surface area contributed by atoms with Gasteiger partial charge in [-0.15, -0.1) is 0 Å². The second-order valence-electron chi connectivity index (χ2n) is 6.33. The van der Waals surface area contributed by atoms with Gasteiger partial charge in [0, 0.05) is 0 Å². The van der Waals surface area contributed by atoms with Crippen LogP contribution >= 0.6 is 11.8 Å². The average Bonchev–Trinajstić information content (AvgIpc) is 2.97. The predicted molar refractivity (Wildman–Crippen MR) is 98.0 cm³/mol. The van der Waals surface area contributed by atoms with Gasteiger partial charge >= 0.3 is 6.18 Å². The van der Waals surface area contributed by atoms with Crippen molar-refractivity contribution in [3.63, 3.8) is 0 Å². The number of halogens is 3. The highest BCUT2D eigenvalue weighted by atomic mass is 32.2. The molecule has 1 saturated heterocycles. The van der Waals surface area contributed by atoms with Gasteiger partial charge in [-0.3, -0.25) is 4.79 Å². The molecule has 1 heterocycles. The van der Waals surface area contributed by atoms with Crippen LogP contribution in [0.5, 0.6) is 5.75 Å². The number of nitrogens with one attached hydrogen (secondary N) is 1. The molecule has 150 valence electrons. The van der Waals surface area contributed by atoms with Crippen LogP contribution in [0, 0.1) is 0 Å². The lowest BCUT2D eigenvalue weighted by Crippen LogP contribution is -2.31. The zero-order valence-corrected chi connectivity index (χ0v) is 15.3. The molecule has 0 aliphatic carbocycles. The second-order valence-corrected chi connectivity index (χ2v) is 7.54. The molecule has 3 N–H and O–H groups in total. The van der Waals surface area contributed by atoms with Crippen molar-refractivity contribution in [3.8, 4) is 5.75 Å². The van der Waals surface area contributed by atoms with Crippen molar-refractivity contribution in [3.05, 3.63) is 65.2 Å². The molecular formula is C19H18F3NO4S. The fourth-order valence-corrected chi connectivity index (χ4v) is 3.69. The number of carbonyl (C=O) groups is 1. The maximum Gasteiger partial charge on any atom is 0.416 e. The Hall–Kier alpha value is -2.23. The van der Waals surface area contributed by atoms with E-state index < -0.39 is 24.1 Å². The Morgan fingerprint density at radius 1 is 1.18 bits per heavy atom. The molecule has 0 radical (unpaired) electrons. The minimum Gasteiger partial charge on any atom is -0.491 e. The van der Waals surface area contributed by atoms with Crippen LogP contribution in [0.3, 0.4) is 0 Å². The van der Waals surface area contributed by atoms with Gasteiger partial charge < -0.3 is 20.3 Å². The molecule has 28 heavy (non-hydrogen) atoms. The Morgan fingerprint density at radius 3 is 2.50 bits per heavy atom. The molecule has 1 amide bonds. The SMILES string of the molecule is O=C1NC(O)C(Cc2ccc(OCC(O)c3cccc(C(F)(F)F)c3)cc2)S1. The Kier molecular flexibility index (Phi) is 6.17. The lowest BCUT2D eigenvalue weighted by atomic mass is 10.1. The predicted octanol–water partition coefficient (Wildman–Crippen LogP) is 3.50. The highest BCUT2D eigenvalue weighted by Crippen LogP contribution is 2.31. The number of amides is 1. The van der Waals surface area contributed by atoms with E-state index >= 15 is 0 Å². The van der Waals surface area contributed by atoms with E-state index in [0.29, 0.717) is 12.2 Å². The Morgan fingerprint density at radius 2 is 1.89 bits per heavy atom. The van der Waals surface area contributed by atoms with Crippen molar-refractivity contribution in [2.45, 2.75) is 30.2 Å². The summed E-state index contributed by atoms with van der Waals surface area (Å²) in [7, 11) is 0. The highest BCUT2D eigenvalue weighted by molar-refractivity contribution is 8.14. The van der Waals surface area contributed by atoms with Crippen LogP contribution in [0.1, 0.15) is 22.8 Å². The van der Waals surface area contributed by atoms with E-state index in [1.165, 1.54) is 12.1 Å². The van der Waals surface area contributed by atoms with E-state index in [-0.39, 0.29) is 22.7 Å². The lowest BCUT2D eigenvalue weighted by molar-refractivity contribution is -0.137. The first kappa shape index (κ1) is 20.5. The van der Waals surface area contributed by atoms with Crippen LogP contribution in [-0.2, 0) is 12.6 Å². The molecule has 1 aliphatic heterocycles. The first-order valence-electron chi connectivity index (χ1n) is 8.44. The van der Waals surface area contributed by atoms with Crippen LogP contribution in [0.2, 0.25) is 0 Å². The van der Waals surface area contributed by atoms with Crippen LogP contribution in [0.25, 0.3) is 0 Å². The summed E-state index contributed by atoms with van der Waals surface area (Å²) in [5.41, 5.74) is 0.183. The van der Waals surface area contributed by atoms with Crippen molar-refractivity contribution in [2.75, 3.05) is 6.61 Å². The van der Waals surface area contributed by atoms with Gasteiger partial charge in [0.1, 0.15) is 24.7 Å². The standard InChI is InChI=1S/C19H18F3NO4S/c20-19(21,22)13-3-1-2-12(9-13)15(24)10-27-14-6-4-11(5-7-14)8-16-17(25)23-18(26)28-16/h1-7,9,15-17,24-25H,8,10H2,(H,23,26). The molecule has 0 saturated carbocycles. The fraction of sp³-hybridized carbons (Fsp3) is 0.316.